The highest BCUT2D eigenvalue weighted by Crippen LogP contribution is 2.05. The van der Waals surface area contributed by atoms with Crippen LogP contribution in [0.15, 0.2) is 12.2 Å². The van der Waals surface area contributed by atoms with Crippen molar-refractivity contribution in [3.05, 3.63) is 12.2 Å². The van der Waals surface area contributed by atoms with Gasteiger partial charge in [0.1, 0.15) is 0 Å². The number of hydrogen-bond donors (Lipinski definition) is 1. The molecule has 0 aromatic rings. The van der Waals surface area contributed by atoms with Crippen LogP contribution in [0.25, 0.3) is 0 Å². The maximum absolute atomic E-state index is 10.8. The first kappa shape index (κ1) is 11.6. The van der Waals surface area contributed by atoms with E-state index in [9.17, 15) is 9.59 Å². The van der Waals surface area contributed by atoms with Gasteiger partial charge in [-0.1, -0.05) is 6.58 Å². The second-order valence-corrected chi connectivity index (χ2v) is 2.34. The minimum Gasteiger partial charge on any atom is -0.467 e. The summed E-state index contributed by atoms with van der Waals surface area (Å²) >= 11 is 0. The van der Waals surface area contributed by atoms with Crippen molar-refractivity contribution >= 4 is 11.9 Å². The lowest BCUT2D eigenvalue weighted by molar-refractivity contribution is -0.150. The molecule has 0 bridgehead atoms. The number of ether oxygens (including phenoxy) is 2. The molecule has 1 unspecified atom stereocenters. The first-order valence-electron chi connectivity index (χ1n) is 3.55. The highest BCUT2D eigenvalue weighted by Gasteiger charge is 2.19. The van der Waals surface area contributed by atoms with Crippen LogP contribution in [-0.4, -0.2) is 37.4 Å². The molecule has 0 spiro atoms. The van der Waals surface area contributed by atoms with Crippen molar-refractivity contribution < 1.29 is 24.2 Å². The zero-order valence-electron chi connectivity index (χ0n) is 7.57. The van der Waals surface area contributed by atoms with Gasteiger partial charge in [-0.05, 0) is 0 Å². The molecule has 0 radical (unpaired) electrons. The molecular weight excluding hydrogens is 176 g/mol. The van der Waals surface area contributed by atoms with E-state index in [4.69, 9.17) is 5.11 Å². The molecular formula is C8H12O5. The van der Waals surface area contributed by atoms with Crippen molar-refractivity contribution in [1.82, 2.24) is 0 Å². The molecule has 0 saturated carbocycles. The molecule has 0 saturated heterocycles. The fourth-order valence-corrected chi connectivity index (χ4v) is 0.680. The molecule has 0 aromatic heterocycles. The summed E-state index contributed by atoms with van der Waals surface area (Å²) in [5.74, 6) is -1.45. The van der Waals surface area contributed by atoms with E-state index in [0.29, 0.717) is 0 Å². The fourth-order valence-electron chi connectivity index (χ4n) is 0.680. The maximum Gasteiger partial charge on any atom is 0.335 e. The topological polar surface area (TPSA) is 72.8 Å². The van der Waals surface area contributed by atoms with E-state index in [2.05, 4.69) is 16.1 Å². The molecule has 0 fully saturated rings. The van der Waals surface area contributed by atoms with Gasteiger partial charge in [0.2, 0.25) is 0 Å². The van der Waals surface area contributed by atoms with E-state index in [1.807, 2.05) is 0 Å². The van der Waals surface area contributed by atoms with E-state index in [1.54, 1.807) is 0 Å². The Labute approximate surface area is 75.9 Å². The summed E-state index contributed by atoms with van der Waals surface area (Å²) in [5.41, 5.74) is 0.0281. The van der Waals surface area contributed by atoms with Crippen LogP contribution < -0.4 is 0 Å². The van der Waals surface area contributed by atoms with Crippen molar-refractivity contribution in [3.8, 4) is 0 Å². The molecule has 0 heterocycles. The predicted octanol–water partition coefficient (Wildman–Crippen LogP) is -0.360. The third-order valence-corrected chi connectivity index (χ3v) is 1.39. The monoisotopic (exact) mass is 188 g/mol. The van der Waals surface area contributed by atoms with E-state index >= 15 is 0 Å². The Morgan fingerprint density at radius 3 is 2.31 bits per heavy atom. The van der Waals surface area contributed by atoms with E-state index in [0.717, 1.165) is 7.11 Å². The van der Waals surface area contributed by atoms with Crippen molar-refractivity contribution in [2.24, 2.45) is 0 Å². The van der Waals surface area contributed by atoms with Gasteiger partial charge in [-0.2, -0.15) is 0 Å². The normalized spacial score (nSPS) is 11.6. The molecule has 0 aliphatic carbocycles. The van der Waals surface area contributed by atoms with Crippen LogP contribution in [0.3, 0.4) is 0 Å². The number of carbonyl (C=O) groups is 2. The minimum absolute atomic E-state index is 0.0281. The molecule has 0 aliphatic rings. The summed E-state index contributed by atoms with van der Waals surface area (Å²) in [4.78, 5) is 21.5. The van der Waals surface area contributed by atoms with Crippen molar-refractivity contribution in [2.75, 3.05) is 14.2 Å². The molecule has 0 aromatic carbocycles. The predicted molar refractivity (Wildman–Crippen MR) is 43.8 cm³/mol. The Hall–Kier alpha value is -1.36. The molecule has 0 aliphatic heterocycles. The van der Waals surface area contributed by atoms with Gasteiger partial charge in [0, 0.05) is 12.0 Å². The Bertz CT molecular complexity index is 221. The van der Waals surface area contributed by atoms with Crippen LogP contribution >= 0.6 is 0 Å². The van der Waals surface area contributed by atoms with E-state index < -0.39 is 18.0 Å². The average Bonchev–Trinajstić information content (AvgIpc) is 2.14. The third kappa shape index (κ3) is 3.71. The van der Waals surface area contributed by atoms with Crippen LogP contribution in [0.5, 0.6) is 0 Å². The van der Waals surface area contributed by atoms with Crippen LogP contribution in [0, 0.1) is 0 Å². The first-order chi connectivity index (χ1) is 6.02. The lowest BCUT2D eigenvalue weighted by atomic mass is 10.1. The maximum atomic E-state index is 10.8. The number of carbonyl (C=O) groups excluding carboxylic acids is 2. The molecule has 0 amide bonds. The van der Waals surface area contributed by atoms with Crippen molar-refractivity contribution in [1.29, 1.82) is 0 Å². The number of esters is 2. The SMILES string of the molecule is C=C(CC(O)C(=O)OC)C(=O)OC. The van der Waals surface area contributed by atoms with Gasteiger partial charge in [-0.3, -0.25) is 0 Å². The van der Waals surface area contributed by atoms with Gasteiger partial charge in [-0.25, -0.2) is 9.59 Å². The molecule has 13 heavy (non-hydrogen) atoms. The quantitative estimate of drug-likeness (QED) is 0.481. The number of hydrogen-bond acceptors (Lipinski definition) is 5. The summed E-state index contributed by atoms with van der Waals surface area (Å²) in [6, 6.07) is 0. The van der Waals surface area contributed by atoms with Gasteiger partial charge in [0.15, 0.2) is 6.10 Å². The van der Waals surface area contributed by atoms with Crippen LogP contribution in [0.1, 0.15) is 6.42 Å². The molecule has 0 rings (SSSR count). The molecule has 1 N–H and O–H groups in total. The smallest absolute Gasteiger partial charge is 0.335 e. The van der Waals surface area contributed by atoms with Gasteiger partial charge >= 0.3 is 11.9 Å². The highest BCUT2D eigenvalue weighted by molar-refractivity contribution is 5.89. The van der Waals surface area contributed by atoms with E-state index in [1.165, 1.54) is 7.11 Å². The molecule has 5 nitrogen and oxygen atoms in total. The van der Waals surface area contributed by atoms with Gasteiger partial charge in [0.25, 0.3) is 0 Å². The van der Waals surface area contributed by atoms with Crippen molar-refractivity contribution in [2.45, 2.75) is 12.5 Å². The summed E-state index contributed by atoms with van der Waals surface area (Å²) in [7, 11) is 2.34. The van der Waals surface area contributed by atoms with Gasteiger partial charge in [0.05, 0.1) is 14.2 Å². The van der Waals surface area contributed by atoms with Gasteiger partial charge < -0.3 is 14.6 Å². The Morgan fingerprint density at radius 2 is 1.92 bits per heavy atom. The second-order valence-electron chi connectivity index (χ2n) is 2.34. The summed E-state index contributed by atoms with van der Waals surface area (Å²) < 4.78 is 8.57. The second kappa shape index (κ2) is 5.31. The average molecular weight is 188 g/mol. The Kier molecular flexibility index (Phi) is 4.76. The molecule has 1 atom stereocenters. The van der Waals surface area contributed by atoms with Crippen molar-refractivity contribution in [3.63, 3.8) is 0 Å². The van der Waals surface area contributed by atoms with Crippen LogP contribution in [0.4, 0.5) is 0 Å². The first-order valence-corrected chi connectivity index (χ1v) is 3.55. The number of aliphatic hydroxyl groups excluding tert-OH is 1. The van der Waals surface area contributed by atoms with Crippen LogP contribution in [0.2, 0.25) is 0 Å². The number of methoxy groups -OCH3 is 2. The summed E-state index contributed by atoms with van der Waals surface area (Å²) in [6.45, 7) is 3.34. The van der Waals surface area contributed by atoms with Crippen LogP contribution in [-0.2, 0) is 19.1 Å². The Balaban J connectivity index is 4.06. The molecule has 74 valence electrons. The summed E-state index contributed by atoms with van der Waals surface area (Å²) in [6.07, 6.45) is -1.55. The molecule has 5 heteroatoms. The highest BCUT2D eigenvalue weighted by atomic mass is 16.5. The van der Waals surface area contributed by atoms with Gasteiger partial charge in [-0.15, -0.1) is 0 Å². The standard InChI is InChI=1S/C8H12O5/c1-5(7(10)12-2)4-6(9)8(11)13-3/h6,9H,1,4H2,2-3H3. The number of rotatable bonds is 4. The Morgan fingerprint density at radius 1 is 1.38 bits per heavy atom. The van der Waals surface area contributed by atoms with E-state index in [-0.39, 0.29) is 12.0 Å². The largest absolute Gasteiger partial charge is 0.467 e. The number of aliphatic hydroxyl groups is 1. The fraction of sp³-hybridized carbons (Fsp3) is 0.500. The summed E-state index contributed by atoms with van der Waals surface area (Å²) in [5, 5.41) is 9.09. The lowest BCUT2D eigenvalue weighted by Gasteiger charge is -2.08. The zero-order chi connectivity index (χ0) is 10.4. The minimum atomic E-state index is -1.36. The zero-order valence-corrected chi connectivity index (χ0v) is 7.57. The lowest BCUT2D eigenvalue weighted by Crippen LogP contribution is -2.23. The third-order valence-electron chi connectivity index (χ3n) is 1.39.